The number of hydrogen-bond donors (Lipinski definition) is 1. The first-order valence-corrected chi connectivity index (χ1v) is 15.0. The predicted molar refractivity (Wildman–Crippen MR) is 156 cm³/mol. The van der Waals surface area contributed by atoms with E-state index in [0.717, 1.165) is 21.7 Å². The van der Waals surface area contributed by atoms with Gasteiger partial charge >= 0.3 is 0 Å². The third kappa shape index (κ3) is 7.69. The van der Waals surface area contributed by atoms with Gasteiger partial charge in [-0.25, -0.2) is 8.42 Å². The summed E-state index contributed by atoms with van der Waals surface area (Å²) in [4.78, 5) is 29.2. The van der Waals surface area contributed by atoms with Crippen molar-refractivity contribution in [2.75, 3.05) is 31.0 Å². The first kappa shape index (κ1) is 29.7. The minimum atomic E-state index is -3.90. The van der Waals surface area contributed by atoms with E-state index in [2.05, 4.69) is 5.32 Å². The number of carbonyl (C=O) groups is 2. The molecule has 1 aliphatic heterocycles. The molecule has 0 aliphatic carbocycles. The maximum Gasteiger partial charge on any atom is 0.244 e. The summed E-state index contributed by atoms with van der Waals surface area (Å²) >= 11 is 0. The Morgan fingerprint density at radius 2 is 1.66 bits per heavy atom. The summed E-state index contributed by atoms with van der Waals surface area (Å²) < 4.78 is 43.1. The maximum absolute atomic E-state index is 14.1. The summed E-state index contributed by atoms with van der Waals surface area (Å²) in [7, 11) is -2.36. The van der Waals surface area contributed by atoms with Crippen molar-refractivity contribution < 1.29 is 32.2 Å². The molecule has 0 bridgehead atoms. The van der Waals surface area contributed by atoms with Crippen LogP contribution in [0.4, 0.5) is 5.69 Å². The van der Waals surface area contributed by atoms with Crippen molar-refractivity contribution in [3.05, 3.63) is 83.9 Å². The highest BCUT2D eigenvalue weighted by molar-refractivity contribution is 7.92. The fourth-order valence-corrected chi connectivity index (χ4v) is 5.40. The van der Waals surface area contributed by atoms with Gasteiger partial charge in [-0.05, 0) is 49.2 Å². The summed E-state index contributed by atoms with van der Waals surface area (Å²) in [6, 6.07) is 20.2. The molecule has 41 heavy (non-hydrogen) atoms. The van der Waals surface area contributed by atoms with Gasteiger partial charge in [-0.3, -0.25) is 13.9 Å². The SMILES string of the molecule is COc1cccc(CN(C(=O)CN(c2ccc3c(c2)OCO3)S(C)(=O)=O)[C@H](Cc2ccccc2)C(=O)NC(C)C)c1. The molecule has 2 amide bonds. The lowest BCUT2D eigenvalue weighted by molar-refractivity contribution is -0.140. The second-order valence-electron chi connectivity index (χ2n) is 10.0. The number of anilines is 1. The first-order valence-electron chi connectivity index (χ1n) is 13.2. The number of carbonyl (C=O) groups excluding carboxylic acids is 2. The molecule has 3 aromatic rings. The maximum atomic E-state index is 14.1. The highest BCUT2D eigenvalue weighted by Gasteiger charge is 2.33. The summed E-state index contributed by atoms with van der Waals surface area (Å²) in [5.74, 6) is 0.584. The lowest BCUT2D eigenvalue weighted by Crippen LogP contribution is -2.54. The molecule has 0 unspecified atom stereocenters. The molecule has 1 heterocycles. The van der Waals surface area contributed by atoms with Crippen LogP contribution < -0.4 is 23.8 Å². The van der Waals surface area contributed by atoms with E-state index in [1.54, 1.807) is 37.4 Å². The predicted octanol–water partition coefficient (Wildman–Crippen LogP) is 3.35. The third-order valence-electron chi connectivity index (χ3n) is 6.51. The molecular weight excluding hydrogens is 546 g/mol. The van der Waals surface area contributed by atoms with Crippen molar-refractivity contribution in [3.8, 4) is 17.2 Å². The number of amides is 2. The largest absolute Gasteiger partial charge is 0.497 e. The molecule has 0 radical (unpaired) electrons. The van der Waals surface area contributed by atoms with E-state index >= 15 is 0 Å². The Balaban J connectivity index is 1.74. The molecule has 10 nitrogen and oxygen atoms in total. The van der Waals surface area contributed by atoms with Crippen molar-refractivity contribution in [3.63, 3.8) is 0 Å². The lowest BCUT2D eigenvalue weighted by atomic mass is 10.0. The molecule has 4 rings (SSSR count). The van der Waals surface area contributed by atoms with E-state index in [-0.39, 0.29) is 37.4 Å². The fourth-order valence-electron chi connectivity index (χ4n) is 4.56. The zero-order valence-electron chi connectivity index (χ0n) is 23.6. The number of fused-ring (bicyclic) bond motifs is 1. The van der Waals surface area contributed by atoms with Crippen LogP contribution in [0.5, 0.6) is 17.2 Å². The Bertz CT molecular complexity index is 1480. The van der Waals surface area contributed by atoms with Gasteiger partial charge in [0, 0.05) is 25.1 Å². The number of hydrogen-bond acceptors (Lipinski definition) is 7. The van der Waals surface area contributed by atoms with Crippen LogP contribution in [0.1, 0.15) is 25.0 Å². The van der Waals surface area contributed by atoms with Crippen molar-refractivity contribution in [1.29, 1.82) is 0 Å². The molecule has 11 heteroatoms. The van der Waals surface area contributed by atoms with Crippen LogP contribution in [-0.2, 0) is 32.6 Å². The Labute approximate surface area is 240 Å². The number of nitrogens with one attached hydrogen (secondary N) is 1. The Hall–Kier alpha value is -4.25. The second kappa shape index (κ2) is 12.9. The molecule has 1 N–H and O–H groups in total. The van der Waals surface area contributed by atoms with Gasteiger partial charge in [-0.2, -0.15) is 0 Å². The fraction of sp³-hybridized carbons (Fsp3) is 0.333. The number of sulfonamides is 1. The van der Waals surface area contributed by atoms with Crippen LogP contribution in [0.2, 0.25) is 0 Å². The van der Waals surface area contributed by atoms with E-state index in [4.69, 9.17) is 14.2 Å². The van der Waals surface area contributed by atoms with Crippen LogP contribution in [0.25, 0.3) is 0 Å². The summed E-state index contributed by atoms with van der Waals surface area (Å²) in [5.41, 5.74) is 1.83. The normalized spacial score (nSPS) is 13.0. The van der Waals surface area contributed by atoms with Crippen LogP contribution in [0.3, 0.4) is 0 Å². The highest BCUT2D eigenvalue weighted by Crippen LogP contribution is 2.36. The lowest BCUT2D eigenvalue weighted by Gasteiger charge is -2.34. The first-order chi connectivity index (χ1) is 19.5. The monoisotopic (exact) mass is 581 g/mol. The average Bonchev–Trinajstić information content (AvgIpc) is 3.41. The van der Waals surface area contributed by atoms with Gasteiger partial charge in [0.15, 0.2) is 11.5 Å². The smallest absolute Gasteiger partial charge is 0.244 e. The number of methoxy groups -OCH3 is 1. The van der Waals surface area contributed by atoms with Gasteiger partial charge in [-0.1, -0.05) is 42.5 Å². The number of rotatable bonds is 12. The minimum Gasteiger partial charge on any atom is -0.497 e. The van der Waals surface area contributed by atoms with Gasteiger partial charge in [0.05, 0.1) is 19.1 Å². The summed E-state index contributed by atoms with van der Waals surface area (Å²) in [6.45, 7) is 3.24. The second-order valence-corrected chi connectivity index (χ2v) is 12.0. The number of benzene rings is 3. The molecule has 0 spiro atoms. The van der Waals surface area contributed by atoms with Gasteiger partial charge in [0.2, 0.25) is 28.6 Å². The van der Waals surface area contributed by atoms with E-state index < -0.39 is 28.5 Å². The van der Waals surface area contributed by atoms with Crippen LogP contribution in [0, 0.1) is 0 Å². The third-order valence-corrected chi connectivity index (χ3v) is 7.65. The van der Waals surface area contributed by atoms with Gasteiger partial charge < -0.3 is 24.4 Å². The average molecular weight is 582 g/mol. The van der Waals surface area contributed by atoms with Crippen LogP contribution >= 0.6 is 0 Å². The van der Waals surface area contributed by atoms with E-state index in [9.17, 15) is 18.0 Å². The molecule has 218 valence electrons. The van der Waals surface area contributed by atoms with Crippen molar-refractivity contribution in [1.82, 2.24) is 10.2 Å². The zero-order valence-corrected chi connectivity index (χ0v) is 24.4. The van der Waals surface area contributed by atoms with Gasteiger partial charge in [-0.15, -0.1) is 0 Å². The van der Waals surface area contributed by atoms with E-state index in [0.29, 0.717) is 17.2 Å². The Kier molecular flexibility index (Phi) is 9.38. The van der Waals surface area contributed by atoms with Crippen molar-refractivity contribution in [2.45, 2.75) is 38.9 Å². The Morgan fingerprint density at radius 3 is 2.34 bits per heavy atom. The standard InChI is InChI=1S/C30H35N3O7S/c1-21(2)31-30(35)26(16-22-9-6-5-7-10-22)32(18-23-11-8-12-25(15-23)38-3)29(34)19-33(41(4,36)37)24-13-14-27-28(17-24)40-20-39-27/h5-15,17,21,26H,16,18-20H2,1-4H3,(H,31,35)/t26-/m1/s1. The minimum absolute atomic E-state index is 0.0248. The summed E-state index contributed by atoms with van der Waals surface area (Å²) in [6.07, 6.45) is 1.27. The molecule has 1 atom stereocenters. The van der Waals surface area contributed by atoms with E-state index in [1.165, 1.54) is 11.0 Å². The molecule has 0 saturated carbocycles. The van der Waals surface area contributed by atoms with Crippen LogP contribution in [-0.4, -0.2) is 63.9 Å². The number of nitrogens with zero attached hydrogens (tertiary/aromatic N) is 2. The van der Waals surface area contributed by atoms with Crippen molar-refractivity contribution >= 4 is 27.5 Å². The quantitative estimate of drug-likeness (QED) is 0.349. The topological polar surface area (TPSA) is 114 Å². The van der Waals surface area contributed by atoms with E-state index in [1.807, 2.05) is 50.2 Å². The highest BCUT2D eigenvalue weighted by atomic mass is 32.2. The van der Waals surface area contributed by atoms with Crippen molar-refractivity contribution in [2.24, 2.45) is 0 Å². The molecule has 0 fully saturated rings. The molecule has 1 aliphatic rings. The Morgan fingerprint density at radius 1 is 0.951 bits per heavy atom. The molecule has 0 aromatic heterocycles. The molecule has 3 aromatic carbocycles. The molecule has 0 saturated heterocycles. The summed E-state index contributed by atoms with van der Waals surface area (Å²) in [5, 5.41) is 2.93. The van der Waals surface area contributed by atoms with Gasteiger partial charge in [0.25, 0.3) is 0 Å². The van der Waals surface area contributed by atoms with Crippen LogP contribution in [0.15, 0.2) is 72.8 Å². The number of ether oxygens (including phenoxy) is 3. The zero-order chi connectivity index (χ0) is 29.6. The molecular formula is C30H35N3O7S. The van der Waals surface area contributed by atoms with Gasteiger partial charge in [0.1, 0.15) is 18.3 Å².